The van der Waals surface area contributed by atoms with Gasteiger partial charge in [0.2, 0.25) is 0 Å². The van der Waals surface area contributed by atoms with Gasteiger partial charge in [-0.3, -0.25) is 9.10 Å². The highest BCUT2D eigenvalue weighted by Crippen LogP contribution is 2.28. The molecule has 36 heavy (non-hydrogen) atoms. The van der Waals surface area contributed by atoms with Crippen LogP contribution in [0.1, 0.15) is 22.3 Å². The van der Waals surface area contributed by atoms with Gasteiger partial charge in [-0.2, -0.15) is 16.9 Å². The molecule has 0 atom stereocenters. The van der Waals surface area contributed by atoms with Gasteiger partial charge in [0.1, 0.15) is 18.4 Å². The first-order chi connectivity index (χ1) is 17.2. The van der Waals surface area contributed by atoms with E-state index in [4.69, 9.17) is 4.74 Å². The molecule has 0 radical (unpaired) electrons. The maximum absolute atomic E-state index is 13.6. The van der Waals surface area contributed by atoms with Crippen LogP contribution in [-0.4, -0.2) is 44.7 Å². The summed E-state index contributed by atoms with van der Waals surface area (Å²) in [4.78, 5) is 12.9. The number of ether oxygens (including phenoxy) is 1. The Kier molecular flexibility index (Phi) is 8.01. The molecule has 3 aromatic rings. The molecule has 4 rings (SSSR count). The number of thioether (sulfide) groups is 1. The zero-order valence-electron chi connectivity index (χ0n) is 20.5. The SMILES string of the molecule is Cc1ccc(S(=O)(=O)N(CC(=O)N/N=C\c2ccc(OC3CSC3)cc2)c2cc(C)ccc2C)cc1. The van der Waals surface area contributed by atoms with Crippen molar-refractivity contribution in [2.24, 2.45) is 5.10 Å². The molecular formula is C27H29N3O4S2. The highest BCUT2D eigenvalue weighted by atomic mass is 32.2. The van der Waals surface area contributed by atoms with E-state index < -0.39 is 22.5 Å². The number of amides is 1. The third-order valence-corrected chi connectivity index (χ3v) is 8.71. The summed E-state index contributed by atoms with van der Waals surface area (Å²) in [5.74, 6) is 2.26. The van der Waals surface area contributed by atoms with E-state index in [2.05, 4.69) is 10.5 Å². The number of hydrogen-bond acceptors (Lipinski definition) is 6. The molecule has 1 N–H and O–H groups in total. The Balaban J connectivity index is 1.49. The first-order valence-electron chi connectivity index (χ1n) is 11.6. The van der Waals surface area contributed by atoms with Crippen LogP contribution < -0.4 is 14.5 Å². The van der Waals surface area contributed by atoms with Gasteiger partial charge >= 0.3 is 0 Å². The third kappa shape index (κ3) is 6.27. The minimum Gasteiger partial charge on any atom is -0.489 e. The Morgan fingerprint density at radius 2 is 1.69 bits per heavy atom. The predicted molar refractivity (Wildman–Crippen MR) is 146 cm³/mol. The number of sulfonamides is 1. The Morgan fingerprint density at radius 1 is 1.03 bits per heavy atom. The maximum Gasteiger partial charge on any atom is 0.264 e. The standard InChI is InChI=1S/C27H29N3O4S2/c1-19-5-12-25(13-6-19)36(32,33)30(26-14-20(2)4-7-21(26)3)16-27(31)29-28-15-22-8-10-23(11-9-22)34-24-17-35-18-24/h4-15,24H,16-18H2,1-3H3,(H,29,31)/b28-15-. The summed E-state index contributed by atoms with van der Waals surface area (Å²) in [7, 11) is -3.99. The fourth-order valence-electron chi connectivity index (χ4n) is 3.58. The van der Waals surface area contributed by atoms with E-state index in [-0.39, 0.29) is 11.0 Å². The number of nitrogens with one attached hydrogen (secondary N) is 1. The van der Waals surface area contributed by atoms with Gasteiger partial charge in [0.05, 0.1) is 16.8 Å². The van der Waals surface area contributed by atoms with Crippen molar-refractivity contribution in [1.29, 1.82) is 0 Å². The van der Waals surface area contributed by atoms with Crippen molar-refractivity contribution < 1.29 is 17.9 Å². The van der Waals surface area contributed by atoms with Crippen molar-refractivity contribution in [2.75, 3.05) is 22.4 Å². The number of anilines is 1. The molecule has 1 saturated heterocycles. The molecule has 0 bridgehead atoms. The zero-order valence-corrected chi connectivity index (χ0v) is 22.1. The zero-order chi connectivity index (χ0) is 25.7. The van der Waals surface area contributed by atoms with E-state index in [0.29, 0.717) is 5.69 Å². The Labute approximate surface area is 216 Å². The van der Waals surface area contributed by atoms with Gasteiger partial charge in [-0.05, 0) is 79.9 Å². The van der Waals surface area contributed by atoms with Gasteiger partial charge in [0, 0.05) is 11.5 Å². The van der Waals surface area contributed by atoms with Crippen LogP contribution >= 0.6 is 11.8 Å². The van der Waals surface area contributed by atoms with Gasteiger partial charge < -0.3 is 4.74 Å². The molecule has 0 aromatic heterocycles. The lowest BCUT2D eigenvalue weighted by atomic mass is 10.1. The quantitative estimate of drug-likeness (QED) is 0.331. The minimum atomic E-state index is -3.99. The average molecular weight is 524 g/mol. The Bertz CT molecular complexity index is 1350. The van der Waals surface area contributed by atoms with E-state index in [1.54, 1.807) is 30.3 Å². The maximum atomic E-state index is 13.6. The van der Waals surface area contributed by atoms with E-state index in [1.807, 2.05) is 68.9 Å². The monoisotopic (exact) mass is 523 g/mol. The summed E-state index contributed by atoms with van der Waals surface area (Å²) in [6, 6.07) is 19.5. The van der Waals surface area contributed by atoms with Crippen LogP contribution in [0.5, 0.6) is 5.75 Å². The highest BCUT2D eigenvalue weighted by molar-refractivity contribution is 8.00. The first kappa shape index (κ1) is 25.8. The van der Waals surface area contributed by atoms with Crippen LogP contribution in [-0.2, 0) is 14.8 Å². The summed E-state index contributed by atoms with van der Waals surface area (Å²) in [5.41, 5.74) is 6.27. The largest absolute Gasteiger partial charge is 0.489 e. The normalized spacial score (nSPS) is 13.9. The molecule has 7 nitrogen and oxygen atoms in total. The Hall–Kier alpha value is -3.30. The lowest BCUT2D eigenvalue weighted by Gasteiger charge is -2.25. The number of hydrogen-bond donors (Lipinski definition) is 1. The van der Waals surface area contributed by atoms with Crippen molar-refractivity contribution in [2.45, 2.75) is 31.8 Å². The fraction of sp³-hybridized carbons (Fsp3) is 0.259. The van der Waals surface area contributed by atoms with Crippen LogP contribution in [0.25, 0.3) is 0 Å². The second-order valence-electron chi connectivity index (χ2n) is 8.75. The molecule has 188 valence electrons. The molecule has 1 amide bonds. The summed E-state index contributed by atoms with van der Waals surface area (Å²) in [6.45, 7) is 5.17. The summed E-state index contributed by atoms with van der Waals surface area (Å²) in [5, 5.41) is 4.02. The van der Waals surface area contributed by atoms with Crippen LogP contribution in [0, 0.1) is 20.8 Å². The van der Waals surface area contributed by atoms with Crippen LogP contribution in [0.3, 0.4) is 0 Å². The predicted octanol–water partition coefficient (Wildman–Crippen LogP) is 4.45. The van der Waals surface area contributed by atoms with Gasteiger partial charge in [-0.25, -0.2) is 13.8 Å². The lowest BCUT2D eigenvalue weighted by Crippen LogP contribution is -2.40. The summed E-state index contributed by atoms with van der Waals surface area (Å²) >= 11 is 1.86. The lowest BCUT2D eigenvalue weighted by molar-refractivity contribution is -0.119. The molecule has 3 aromatic carbocycles. The number of nitrogens with zero attached hydrogens (tertiary/aromatic N) is 2. The first-order valence-corrected chi connectivity index (χ1v) is 14.1. The van der Waals surface area contributed by atoms with Gasteiger partial charge in [-0.15, -0.1) is 0 Å². The molecule has 1 aliphatic heterocycles. The van der Waals surface area contributed by atoms with Gasteiger partial charge in [-0.1, -0.05) is 29.8 Å². The number of rotatable bonds is 9. The average Bonchev–Trinajstić information content (AvgIpc) is 2.83. The molecule has 0 saturated carbocycles. The molecule has 1 fully saturated rings. The van der Waals surface area contributed by atoms with E-state index in [0.717, 1.165) is 43.8 Å². The number of hydrazone groups is 1. The van der Waals surface area contributed by atoms with E-state index in [9.17, 15) is 13.2 Å². The molecule has 0 spiro atoms. The number of benzene rings is 3. The minimum absolute atomic E-state index is 0.119. The van der Waals surface area contributed by atoms with Crippen molar-refractivity contribution >= 4 is 39.6 Å². The molecular weight excluding hydrogens is 494 g/mol. The summed E-state index contributed by atoms with van der Waals surface area (Å²) in [6.07, 6.45) is 1.78. The summed E-state index contributed by atoms with van der Waals surface area (Å²) < 4.78 is 34.1. The molecule has 1 aliphatic rings. The third-order valence-electron chi connectivity index (χ3n) is 5.72. The van der Waals surface area contributed by atoms with E-state index in [1.165, 1.54) is 6.21 Å². The van der Waals surface area contributed by atoms with Gasteiger partial charge in [0.25, 0.3) is 15.9 Å². The molecule has 9 heteroatoms. The van der Waals surface area contributed by atoms with Crippen LogP contribution in [0.4, 0.5) is 5.69 Å². The second-order valence-corrected chi connectivity index (χ2v) is 11.7. The van der Waals surface area contributed by atoms with Crippen molar-refractivity contribution in [3.63, 3.8) is 0 Å². The molecule has 1 heterocycles. The van der Waals surface area contributed by atoms with Crippen LogP contribution in [0.2, 0.25) is 0 Å². The highest BCUT2D eigenvalue weighted by Gasteiger charge is 2.28. The van der Waals surface area contributed by atoms with Crippen LogP contribution in [0.15, 0.2) is 76.7 Å². The number of aryl methyl sites for hydroxylation is 3. The van der Waals surface area contributed by atoms with Crippen molar-refractivity contribution in [1.82, 2.24) is 5.43 Å². The fourth-order valence-corrected chi connectivity index (χ4v) is 5.62. The smallest absolute Gasteiger partial charge is 0.264 e. The van der Waals surface area contributed by atoms with Crippen molar-refractivity contribution in [3.05, 3.63) is 89.0 Å². The van der Waals surface area contributed by atoms with Crippen molar-refractivity contribution in [3.8, 4) is 5.75 Å². The molecule has 0 unspecified atom stereocenters. The topological polar surface area (TPSA) is 88.1 Å². The van der Waals surface area contributed by atoms with Gasteiger partial charge in [0.15, 0.2) is 0 Å². The number of carbonyl (C=O) groups is 1. The second kappa shape index (κ2) is 11.2. The van der Waals surface area contributed by atoms with E-state index >= 15 is 0 Å². The Morgan fingerprint density at radius 3 is 2.33 bits per heavy atom. The number of carbonyl (C=O) groups excluding carboxylic acids is 1. The molecule has 0 aliphatic carbocycles.